The molecule has 1 fully saturated rings. The zero-order valence-electron chi connectivity index (χ0n) is 9.72. The number of aliphatic hydroxyl groups is 2. The van der Waals surface area contributed by atoms with Crippen LogP contribution in [0.2, 0.25) is 0 Å². The summed E-state index contributed by atoms with van der Waals surface area (Å²) in [4.78, 5) is 14.6. The third-order valence-electron chi connectivity index (χ3n) is 3.01. The number of hydrogen-bond donors (Lipinski definition) is 4. The molecule has 0 spiro atoms. The van der Waals surface area contributed by atoms with Crippen molar-refractivity contribution in [2.45, 2.75) is 37.9 Å². The molecule has 8 heteroatoms. The maximum Gasteiger partial charge on any atom is 0.272 e. The molecule has 1 aromatic heterocycles. The van der Waals surface area contributed by atoms with Crippen LogP contribution in [0.25, 0.3) is 0 Å². The Morgan fingerprint density at radius 1 is 1.56 bits per heavy atom. The molecule has 1 aliphatic heterocycles. The Hall–Kier alpha value is -1.64. The Labute approximate surface area is 103 Å². The van der Waals surface area contributed by atoms with Crippen molar-refractivity contribution in [1.82, 2.24) is 9.55 Å². The molecule has 0 bridgehead atoms. The van der Waals surface area contributed by atoms with Crippen LogP contribution in [0.4, 0.5) is 0 Å². The van der Waals surface area contributed by atoms with Gasteiger partial charge in [0.2, 0.25) is 5.88 Å². The summed E-state index contributed by atoms with van der Waals surface area (Å²) in [6.45, 7) is 1.80. The zero-order valence-corrected chi connectivity index (χ0v) is 9.72. The summed E-state index contributed by atoms with van der Waals surface area (Å²) in [5, 5.41) is 29.3. The molecule has 4 atom stereocenters. The third-order valence-corrected chi connectivity index (χ3v) is 3.01. The maximum atomic E-state index is 11.0. The van der Waals surface area contributed by atoms with Crippen molar-refractivity contribution < 1.29 is 24.9 Å². The minimum atomic E-state index is -1.21. The second-order valence-electron chi connectivity index (χ2n) is 4.14. The van der Waals surface area contributed by atoms with E-state index in [-0.39, 0.29) is 5.69 Å². The van der Waals surface area contributed by atoms with Crippen LogP contribution < -0.4 is 5.73 Å². The van der Waals surface area contributed by atoms with Gasteiger partial charge in [-0.15, -0.1) is 0 Å². The van der Waals surface area contributed by atoms with E-state index in [4.69, 9.17) is 10.5 Å². The molecule has 1 aromatic rings. The molecule has 2 heterocycles. The number of primary amides is 1. The van der Waals surface area contributed by atoms with Gasteiger partial charge in [0.05, 0.1) is 6.10 Å². The van der Waals surface area contributed by atoms with Crippen LogP contribution in [0.3, 0.4) is 0 Å². The second kappa shape index (κ2) is 4.56. The Morgan fingerprint density at radius 2 is 2.22 bits per heavy atom. The van der Waals surface area contributed by atoms with E-state index in [2.05, 4.69) is 4.98 Å². The first-order chi connectivity index (χ1) is 8.47. The molecule has 0 radical (unpaired) electrons. The van der Waals surface area contributed by atoms with Gasteiger partial charge in [-0.05, 0) is 6.42 Å². The minimum Gasteiger partial charge on any atom is -0.493 e. The van der Waals surface area contributed by atoms with Crippen LogP contribution in [0.15, 0.2) is 6.33 Å². The standard InChI is InChI=1S/C10H15N3O5/c1-2-4-6(14)7(15)10(18-4)13-3-12-5(8(11)16)9(13)17/h3-4,6-7,10,14-15,17H,2H2,1H3,(H2,11,16)/t4-,6-,7-,10-/m1/s1. The Kier molecular flexibility index (Phi) is 3.24. The van der Waals surface area contributed by atoms with E-state index in [9.17, 15) is 20.1 Å². The van der Waals surface area contributed by atoms with Gasteiger partial charge in [0, 0.05) is 0 Å². The Bertz CT molecular complexity index is 460. The number of aromatic hydroxyl groups is 1. The van der Waals surface area contributed by atoms with Crippen LogP contribution in [0.1, 0.15) is 30.1 Å². The van der Waals surface area contributed by atoms with Crippen LogP contribution in [-0.4, -0.2) is 49.1 Å². The van der Waals surface area contributed by atoms with Crippen molar-refractivity contribution in [3.63, 3.8) is 0 Å². The predicted molar refractivity (Wildman–Crippen MR) is 58.6 cm³/mol. The quantitative estimate of drug-likeness (QED) is 0.533. The molecular weight excluding hydrogens is 242 g/mol. The van der Waals surface area contributed by atoms with Crippen molar-refractivity contribution in [3.05, 3.63) is 12.0 Å². The first-order valence-electron chi connectivity index (χ1n) is 5.54. The molecule has 2 rings (SSSR count). The lowest BCUT2D eigenvalue weighted by Gasteiger charge is -2.16. The largest absolute Gasteiger partial charge is 0.493 e. The number of aliphatic hydroxyl groups excluding tert-OH is 2. The van der Waals surface area contributed by atoms with E-state index >= 15 is 0 Å². The first kappa shape index (κ1) is 12.8. The van der Waals surface area contributed by atoms with Gasteiger partial charge in [0.1, 0.15) is 18.5 Å². The number of nitrogens with zero attached hydrogens (tertiary/aromatic N) is 2. The number of nitrogens with two attached hydrogens (primary N) is 1. The lowest BCUT2D eigenvalue weighted by atomic mass is 10.1. The molecule has 0 aliphatic carbocycles. The number of carbonyl (C=O) groups is 1. The van der Waals surface area contributed by atoms with Gasteiger partial charge in [-0.25, -0.2) is 4.98 Å². The van der Waals surface area contributed by atoms with Crippen molar-refractivity contribution >= 4 is 5.91 Å². The molecule has 100 valence electrons. The molecule has 1 aliphatic rings. The highest BCUT2D eigenvalue weighted by Crippen LogP contribution is 2.34. The zero-order chi connectivity index (χ0) is 13.4. The van der Waals surface area contributed by atoms with Crippen LogP contribution in [0.5, 0.6) is 5.88 Å². The fraction of sp³-hybridized carbons (Fsp3) is 0.600. The molecular formula is C10H15N3O5. The van der Waals surface area contributed by atoms with Crippen LogP contribution in [0, 0.1) is 0 Å². The summed E-state index contributed by atoms with van der Waals surface area (Å²) in [7, 11) is 0. The van der Waals surface area contributed by atoms with Gasteiger partial charge < -0.3 is 25.8 Å². The van der Waals surface area contributed by atoms with Gasteiger partial charge in [0.25, 0.3) is 5.91 Å². The van der Waals surface area contributed by atoms with Crippen molar-refractivity contribution in [2.75, 3.05) is 0 Å². The van der Waals surface area contributed by atoms with Gasteiger partial charge >= 0.3 is 0 Å². The van der Waals surface area contributed by atoms with E-state index in [1.807, 2.05) is 0 Å². The molecule has 5 N–H and O–H groups in total. The molecule has 0 saturated carbocycles. The van der Waals surface area contributed by atoms with Gasteiger partial charge in [-0.3, -0.25) is 9.36 Å². The van der Waals surface area contributed by atoms with Crippen molar-refractivity contribution in [2.24, 2.45) is 5.73 Å². The van der Waals surface area contributed by atoms with E-state index in [0.717, 1.165) is 10.9 Å². The smallest absolute Gasteiger partial charge is 0.272 e. The molecule has 1 amide bonds. The fourth-order valence-corrected chi connectivity index (χ4v) is 2.01. The highest BCUT2D eigenvalue weighted by atomic mass is 16.6. The molecule has 8 nitrogen and oxygen atoms in total. The van der Waals surface area contributed by atoms with Crippen LogP contribution in [-0.2, 0) is 4.74 Å². The molecule has 0 aromatic carbocycles. The highest BCUT2D eigenvalue weighted by Gasteiger charge is 2.43. The number of aromatic nitrogens is 2. The normalized spacial score (nSPS) is 31.7. The van der Waals surface area contributed by atoms with E-state index in [0.29, 0.717) is 6.42 Å². The van der Waals surface area contributed by atoms with E-state index in [1.54, 1.807) is 6.92 Å². The Balaban J connectivity index is 2.30. The number of rotatable bonds is 3. The number of carbonyl (C=O) groups excluding carboxylic acids is 1. The number of hydrogen-bond acceptors (Lipinski definition) is 6. The number of ether oxygens (including phenoxy) is 1. The molecule has 0 unspecified atom stereocenters. The first-order valence-corrected chi connectivity index (χ1v) is 5.54. The van der Waals surface area contributed by atoms with Crippen molar-refractivity contribution in [3.8, 4) is 5.88 Å². The van der Waals surface area contributed by atoms with Gasteiger partial charge in [-0.1, -0.05) is 6.92 Å². The van der Waals surface area contributed by atoms with E-state index < -0.39 is 36.3 Å². The summed E-state index contributed by atoms with van der Waals surface area (Å²) >= 11 is 0. The fourth-order valence-electron chi connectivity index (χ4n) is 2.01. The lowest BCUT2D eigenvalue weighted by molar-refractivity contribution is -0.0409. The summed E-state index contributed by atoms with van der Waals surface area (Å²) in [6.07, 6.45) is -2.16. The lowest BCUT2D eigenvalue weighted by Crippen LogP contribution is -2.31. The van der Waals surface area contributed by atoms with Gasteiger partial charge in [0.15, 0.2) is 11.9 Å². The summed E-state index contributed by atoms with van der Waals surface area (Å²) in [5.74, 6) is -1.37. The topological polar surface area (TPSA) is 131 Å². The second-order valence-corrected chi connectivity index (χ2v) is 4.14. The van der Waals surface area contributed by atoms with Gasteiger partial charge in [-0.2, -0.15) is 0 Å². The average Bonchev–Trinajstić information content (AvgIpc) is 2.82. The third kappa shape index (κ3) is 1.84. The monoisotopic (exact) mass is 257 g/mol. The summed E-state index contributed by atoms with van der Waals surface area (Å²) < 4.78 is 6.48. The highest BCUT2D eigenvalue weighted by molar-refractivity contribution is 5.92. The number of imidazole rings is 1. The predicted octanol–water partition coefficient (Wildman–Crippen LogP) is -1.28. The number of amides is 1. The molecule has 1 saturated heterocycles. The van der Waals surface area contributed by atoms with Crippen LogP contribution >= 0.6 is 0 Å². The van der Waals surface area contributed by atoms with Crippen molar-refractivity contribution in [1.29, 1.82) is 0 Å². The minimum absolute atomic E-state index is 0.305. The Morgan fingerprint density at radius 3 is 2.67 bits per heavy atom. The average molecular weight is 257 g/mol. The summed E-state index contributed by atoms with van der Waals surface area (Å²) in [6, 6.07) is 0. The SMILES string of the molecule is CC[C@H]1O[C@@H](n2cnc(C(N)=O)c2O)[C@H](O)[C@@H]1O. The van der Waals surface area contributed by atoms with E-state index in [1.165, 1.54) is 0 Å². The maximum absolute atomic E-state index is 11.0. The molecule has 18 heavy (non-hydrogen) atoms. The summed E-state index contributed by atoms with van der Waals surface area (Å²) in [5.41, 5.74) is 4.71.